The average molecular weight is 301 g/mol. The molecule has 3 atom stereocenters. The van der Waals surface area contributed by atoms with Crippen molar-refractivity contribution in [2.24, 2.45) is 22.2 Å². The number of carbonyl (C=O) groups excluding carboxylic acids is 2. The quantitative estimate of drug-likeness (QED) is 0.795. The van der Waals surface area contributed by atoms with Crippen LogP contribution in [0.1, 0.15) is 60.3 Å². The number of hydrogen-bond donors (Lipinski definition) is 1. The summed E-state index contributed by atoms with van der Waals surface area (Å²) in [4.78, 5) is 24.0. The molecule has 0 heterocycles. The van der Waals surface area contributed by atoms with Crippen LogP contribution in [-0.4, -0.2) is 17.8 Å². The largest absolute Gasteiger partial charge is 0.378 e. The van der Waals surface area contributed by atoms with Gasteiger partial charge in [-0.25, -0.2) is 4.79 Å². The zero-order valence-corrected chi connectivity index (χ0v) is 14.4. The van der Waals surface area contributed by atoms with Crippen molar-refractivity contribution < 1.29 is 9.59 Å². The molecule has 3 heteroatoms. The molecule has 0 spiro atoms. The molecule has 3 nitrogen and oxygen atoms in total. The van der Waals surface area contributed by atoms with Crippen molar-refractivity contribution in [3.05, 3.63) is 17.3 Å². The van der Waals surface area contributed by atoms with E-state index in [9.17, 15) is 9.59 Å². The maximum Gasteiger partial charge on any atom is 0.161 e. The van der Waals surface area contributed by atoms with Crippen LogP contribution in [0.25, 0.3) is 0 Å². The van der Waals surface area contributed by atoms with Gasteiger partial charge in [0.15, 0.2) is 5.78 Å². The Morgan fingerprint density at radius 3 is 2.41 bits per heavy atom. The van der Waals surface area contributed by atoms with Crippen LogP contribution in [0.4, 0.5) is 0 Å². The maximum absolute atomic E-state index is 12.9. The SMILES string of the molecule is CC1(C)CC(=C=O)C=C(NC2C(=O)C3(C)CCC2C3(C)C)C1. The summed E-state index contributed by atoms with van der Waals surface area (Å²) in [7, 11) is 0. The lowest BCUT2D eigenvalue weighted by Crippen LogP contribution is -2.44. The number of nitrogens with one attached hydrogen (secondary N) is 1. The molecule has 0 aliphatic heterocycles. The standard InChI is InChI=1S/C19H27NO2/c1-17(2)9-12(11-21)8-13(10-17)20-15-14-6-7-19(5,16(15)22)18(14,3)4/h8,14-15,20H,6-7,9-10H2,1-5H3. The van der Waals surface area contributed by atoms with E-state index in [0.717, 1.165) is 31.4 Å². The van der Waals surface area contributed by atoms with Crippen LogP contribution >= 0.6 is 0 Å². The average Bonchev–Trinajstić information content (AvgIpc) is 2.71. The summed E-state index contributed by atoms with van der Waals surface area (Å²) in [6, 6.07) is -0.0956. The van der Waals surface area contributed by atoms with Gasteiger partial charge >= 0.3 is 0 Å². The molecular weight excluding hydrogens is 274 g/mol. The Hall–Kier alpha value is -1.34. The van der Waals surface area contributed by atoms with E-state index in [1.54, 1.807) is 0 Å². The van der Waals surface area contributed by atoms with Crippen LogP contribution in [0.5, 0.6) is 0 Å². The second-order valence-corrected chi connectivity index (χ2v) is 9.00. The summed E-state index contributed by atoms with van der Waals surface area (Å²) in [5.41, 5.74) is 1.63. The Kier molecular flexibility index (Phi) is 3.24. The fraction of sp³-hybridized carbons (Fsp3) is 0.737. The number of fused-ring (bicyclic) bond motifs is 2. The number of Topliss-reactive ketones (excluding diaryl/α,β-unsaturated/α-hetero) is 1. The highest BCUT2D eigenvalue weighted by atomic mass is 16.1. The summed E-state index contributed by atoms with van der Waals surface area (Å²) in [5, 5.41) is 3.51. The molecule has 2 bridgehead atoms. The van der Waals surface area contributed by atoms with Crippen LogP contribution in [0.2, 0.25) is 0 Å². The first kappa shape index (κ1) is 15.6. The molecule has 1 N–H and O–H groups in total. The van der Waals surface area contributed by atoms with E-state index >= 15 is 0 Å². The Labute approximate surface area is 133 Å². The molecular formula is C19H27NO2. The Balaban J connectivity index is 1.87. The fourth-order valence-corrected chi connectivity index (χ4v) is 5.02. The lowest BCUT2D eigenvalue weighted by atomic mass is 9.70. The minimum Gasteiger partial charge on any atom is -0.378 e. The predicted molar refractivity (Wildman–Crippen MR) is 86.8 cm³/mol. The van der Waals surface area contributed by atoms with Gasteiger partial charge in [-0.1, -0.05) is 34.6 Å². The van der Waals surface area contributed by atoms with Gasteiger partial charge in [0.05, 0.1) is 6.04 Å². The first-order valence-corrected chi connectivity index (χ1v) is 8.36. The number of allylic oxidation sites excluding steroid dienone is 3. The molecule has 0 radical (unpaired) electrons. The topological polar surface area (TPSA) is 46.2 Å². The molecule has 22 heavy (non-hydrogen) atoms. The normalized spacial score (nSPS) is 38.7. The zero-order chi connectivity index (χ0) is 16.3. The summed E-state index contributed by atoms with van der Waals surface area (Å²) < 4.78 is 0. The van der Waals surface area contributed by atoms with E-state index < -0.39 is 0 Å². The highest BCUT2D eigenvalue weighted by Gasteiger charge is 2.66. The summed E-state index contributed by atoms with van der Waals surface area (Å²) >= 11 is 0. The Morgan fingerprint density at radius 1 is 1.18 bits per heavy atom. The fourth-order valence-electron chi connectivity index (χ4n) is 5.02. The van der Waals surface area contributed by atoms with Crippen LogP contribution in [-0.2, 0) is 9.59 Å². The van der Waals surface area contributed by atoms with E-state index in [4.69, 9.17) is 0 Å². The Bertz CT molecular complexity index is 607. The van der Waals surface area contributed by atoms with Crippen molar-refractivity contribution in [2.45, 2.75) is 66.3 Å². The third-order valence-corrected chi connectivity index (χ3v) is 6.69. The second kappa shape index (κ2) is 4.58. The number of ketones is 1. The molecule has 0 amide bonds. The van der Waals surface area contributed by atoms with Crippen LogP contribution < -0.4 is 5.32 Å². The van der Waals surface area contributed by atoms with Crippen LogP contribution in [0, 0.1) is 22.2 Å². The molecule has 0 aromatic carbocycles. The molecule has 0 saturated heterocycles. The highest BCUT2D eigenvalue weighted by Crippen LogP contribution is 2.63. The molecule has 2 fully saturated rings. The predicted octanol–water partition coefficient (Wildman–Crippen LogP) is 3.43. The lowest BCUT2D eigenvalue weighted by molar-refractivity contribution is -0.129. The van der Waals surface area contributed by atoms with E-state index in [1.165, 1.54) is 0 Å². The van der Waals surface area contributed by atoms with Gasteiger partial charge in [0.25, 0.3) is 0 Å². The van der Waals surface area contributed by atoms with Gasteiger partial charge in [0.1, 0.15) is 5.94 Å². The molecule has 120 valence electrons. The van der Waals surface area contributed by atoms with Gasteiger partial charge in [-0.05, 0) is 48.5 Å². The summed E-state index contributed by atoms with van der Waals surface area (Å²) in [5.74, 6) is 2.79. The molecule has 3 unspecified atom stereocenters. The van der Waals surface area contributed by atoms with E-state index in [0.29, 0.717) is 17.3 Å². The lowest BCUT2D eigenvalue weighted by Gasteiger charge is -2.34. The van der Waals surface area contributed by atoms with E-state index in [2.05, 4.69) is 39.9 Å². The monoisotopic (exact) mass is 301 g/mol. The van der Waals surface area contributed by atoms with Gasteiger partial charge in [-0.15, -0.1) is 0 Å². The molecule has 3 aliphatic carbocycles. The second-order valence-electron chi connectivity index (χ2n) is 9.00. The molecule has 2 saturated carbocycles. The minimum atomic E-state index is -0.205. The van der Waals surface area contributed by atoms with Crippen molar-refractivity contribution >= 4 is 11.7 Å². The molecule has 0 aromatic heterocycles. The number of rotatable bonds is 2. The number of hydrogen-bond acceptors (Lipinski definition) is 3. The van der Waals surface area contributed by atoms with Gasteiger partial charge in [-0.2, -0.15) is 0 Å². The van der Waals surface area contributed by atoms with Gasteiger partial charge in [0, 0.05) is 16.7 Å². The summed E-state index contributed by atoms with van der Waals surface area (Å²) in [6.07, 6.45) is 5.66. The number of carbonyl (C=O) groups is 1. The van der Waals surface area contributed by atoms with Gasteiger partial charge in [-0.3, -0.25) is 4.79 Å². The third kappa shape index (κ3) is 2.02. The van der Waals surface area contributed by atoms with Gasteiger partial charge in [0.2, 0.25) is 0 Å². The van der Waals surface area contributed by atoms with E-state index in [1.807, 2.05) is 12.0 Å². The smallest absolute Gasteiger partial charge is 0.161 e. The van der Waals surface area contributed by atoms with Crippen molar-refractivity contribution in [1.82, 2.24) is 5.32 Å². The van der Waals surface area contributed by atoms with E-state index in [-0.39, 0.29) is 22.3 Å². The Morgan fingerprint density at radius 2 is 1.86 bits per heavy atom. The maximum atomic E-state index is 12.9. The zero-order valence-electron chi connectivity index (χ0n) is 14.4. The highest BCUT2D eigenvalue weighted by molar-refractivity contribution is 5.94. The van der Waals surface area contributed by atoms with Crippen LogP contribution in [0.15, 0.2) is 17.3 Å². The molecule has 3 rings (SSSR count). The van der Waals surface area contributed by atoms with Crippen molar-refractivity contribution in [1.29, 1.82) is 0 Å². The van der Waals surface area contributed by atoms with Crippen molar-refractivity contribution in [3.63, 3.8) is 0 Å². The third-order valence-electron chi connectivity index (χ3n) is 6.69. The van der Waals surface area contributed by atoms with Crippen molar-refractivity contribution in [3.8, 4) is 0 Å². The summed E-state index contributed by atoms with van der Waals surface area (Å²) in [6.45, 7) is 10.9. The van der Waals surface area contributed by atoms with Crippen molar-refractivity contribution in [2.75, 3.05) is 0 Å². The van der Waals surface area contributed by atoms with Crippen LogP contribution in [0.3, 0.4) is 0 Å². The first-order chi connectivity index (χ1) is 10.1. The minimum absolute atomic E-state index is 0.0455. The molecule has 3 aliphatic rings. The molecule has 0 aromatic rings. The van der Waals surface area contributed by atoms with Gasteiger partial charge < -0.3 is 5.32 Å². The first-order valence-electron chi connectivity index (χ1n) is 8.36.